The molecule has 2 aromatic rings. The number of hydrogen-bond acceptors (Lipinski definition) is 4. The van der Waals surface area contributed by atoms with E-state index in [0.29, 0.717) is 17.3 Å². The van der Waals surface area contributed by atoms with Crippen LogP contribution >= 0.6 is 22.9 Å². The normalized spacial score (nSPS) is 10.9. The molecule has 1 amide bonds. The van der Waals surface area contributed by atoms with Gasteiger partial charge < -0.3 is 10.2 Å². The summed E-state index contributed by atoms with van der Waals surface area (Å²) in [6.07, 6.45) is 0.921. The molecule has 0 aliphatic rings. The third-order valence-electron chi connectivity index (χ3n) is 2.88. The number of amides is 1. The van der Waals surface area contributed by atoms with E-state index in [-0.39, 0.29) is 5.91 Å². The van der Waals surface area contributed by atoms with Gasteiger partial charge in [-0.3, -0.25) is 4.79 Å². The third-order valence-corrected chi connectivity index (χ3v) is 4.00. The van der Waals surface area contributed by atoms with E-state index >= 15 is 0 Å². The first-order chi connectivity index (χ1) is 10.1. The monoisotopic (exact) mass is 323 g/mol. The van der Waals surface area contributed by atoms with Crippen LogP contribution in [0.4, 0.5) is 0 Å². The highest BCUT2D eigenvalue weighted by Gasteiger charge is 2.11. The van der Waals surface area contributed by atoms with Gasteiger partial charge in [0.25, 0.3) is 5.91 Å². The Morgan fingerprint density at radius 1 is 1.43 bits per heavy atom. The van der Waals surface area contributed by atoms with Crippen LogP contribution in [-0.2, 0) is 0 Å². The molecule has 0 fully saturated rings. The van der Waals surface area contributed by atoms with Crippen LogP contribution in [0.2, 0.25) is 5.02 Å². The van der Waals surface area contributed by atoms with Gasteiger partial charge in [-0.25, -0.2) is 4.98 Å². The molecule has 0 atom stereocenters. The molecule has 4 nitrogen and oxygen atoms in total. The first-order valence-electron chi connectivity index (χ1n) is 6.70. The zero-order chi connectivity index (χ0) is 15.2. The van der Waals surface area contributed by atoms with Gasteiger partial charge in [-0.05, 0) is 39.2 Å². The second-order valence-corrected chi connectivity index (χ2v) is 6.26. The zero-order valence-electron chi connectivity index (χ0n) is 12.1. The Morgan fingerprint density at radius 2 is 2.24 bits per heavy atom. The number of thiazole rings is 1. The molecule has 0 aliphatic heterocycles. The number of carbonyl (C=O) groups excluding carboxylic acids is 1. The van der Waals surface area contributed by atoms with Gasteiger partial charge in [0.1, 0.15) is 10.7 Å². The Kier molecular flexibility index (Phi) is 5.73. The molecule has 0 unspecified atom stereocenters. The fourth-order valence-corrected chi connectivity index (χ4v) is 2.81. The molecule has 0 aliphatic carbocycles. The molecule has 0 saturated carbocycles. The van der Waals surface area contributed by atoms with Crippen LogP contribution in [0, 0.1) is 0 Å². The maximum absolute atomic E-state index is 12.0. The van der Waals surface area contributed by atoms with Gasteiger partial charge in [-0.15, -0.1) is 11.3 Å². The summed E-state index contributed by atoms with van der Waals surface area (Å²) >= 11 is 7.41. The van der Waals surface area contributed by atoms with Crippen LogP contribution in [0.25, 0.3) is 10.6 Å². The number of hydrogen-bond donors (Lipinski definition) is 1. The lowest BCUT2D eigenvalue weighted by molar-refractivity contribution is 0.0948. The van der Waals surface area contributed by atoms with Crippen LogP contribution in [0.15, 0.2) is 29.6 Å². The van der Waals surface area contributed by atoms with E-state index in [1.165, 1.54) is 11.3 Å². The van der Waals surface area contributed by atoms with E-state index in [4.69, 9.17) is 11.6 Å². The summed E-state index contributed by atoms with van der Waals surface area (Å²) in [4.78, 5) is 18.5. The Hall–Kier alpha value is -1.43. The summed E-state index contributed by atoms with van der Waals surface area (Å²) < 4.78 is 0. The van der Waals surface area contributed by atoms with Crippen molar-refractivity contribution in [2.75, 3.05) is 27.2 Å². The number of aromatic nitrogens is 1. The van der Waals surface area contributed by atoms with Crippen molar-refractivity contribution >= 4 is 28.8 Å². The molecule has 0 radical (unpaired) electrons. The maximum atomic E-state index is 12.0. The highest BCUT2D eigenvalue weighted by molar-refractivity contribution is 7.13. The van der Waals surface area contributed by atoms with Crippen molar-refractivity contribution in [1.82, 2.24) is 15.2 Å². The third kappa shape index (κ3) is 4.81. The van der Waals surface area contributed by atoms with Crippen molar-refractivity contribution in [1.29, 1.82) is 0 Å². The van der Waals surface area contributed by atoms with Crippen molar-refractivity contribution in [3.63, 3.8) is 0 Å². The van der Waals surface area contributed by atoms with E-state index in [2.05, 4.69) is 15.2 Å². The van der Waals surface area contributed by atoms with Gasteiger partial charge >= 0.3 is 0 Å². The standard InChI is InChI=1S/C15H18ClN3OS/c1-19(2)8-4-7-17-14(20)13-10-21-15(18-13)11-5-3-6-12(16)9-11/h3,5-6,9-10H,4,7-8H2,1-2H3,(H,17,20). The highest BCUT2D eigenvalue weighted by atomic mass is 35.5. The molecule has 1 N–H and O–H groups in total. The summed E-state index contributed by atoms with van der Waals surface area (Å²) in [6, 6.07) is 7.47. The minimum Gasteiger partial charge on any atom is -0.351 e. The number of nitrogens with one attached hydrogen (secondary N) is 1. The first-order valence-corrected chi connectivity index (χ1v) is 7.96. The lowest BCUT2D eigenvalue weighted by Crippen LogP contribution is -2.27. The van der Waals surface area contributed by atoms with E-state index in [1.54, 1.807) is 5.38 Å². The molecular weight excluding hydrogens is 306 g/mol. The smallest absolute Gasteiger partial charge is 0.270 e. The molecule has 2 rings (SSSR count). The van der Waals surface area contributed by atoms with Crippen molar-refractivity contribution in [2.45, 2.75) is 6.42 Å². The Bertz CT molecular complexity index is 612. The number of benzene rings is 1. The lowest BCUT2D eigenvalue weighted by Gasteiger charge is -2.09. The number of rotatable bonds is 6. The van der Waals surface area contributed by atoms with Crippen LogP contribution in [-0.4, -0.2) is 43.0 Å². The van der Waals surface area contributed by atoms with E-state index in [0.717, 1.165) is 23.5 Å². The van der Waals surface area contributed by atoms with Crippen molar-refractivity contribution in [3.05, 3.63) is 40.4 Å². The molecule has 1 heterocycles. The topological polar surface area (TPSA) is 45.2 Å². The molecule has 112 valence electrons. The average molecular weight is 324 g/mol. The fourth-order valence-electron chi connectivity index (χ4n) is 1.82. The van der Waals surface area contributed by atoms with Gasteiger partial charge in [0.05, 0.1) is 0 Å². The molecule has 6 heteroatoms. The summed E-state index contributed by atoms with van der Waals surface area (Å²) in [5.41, 5.74) is 1.39. The summed E-state index contributed by atoms with van der Waals surface area (Å²) in [5, 5.41) is 6.12. The maximum Gasteiger partial charge on any atom is 0.270 e. The van der Waals surface area contributed by atoms with Crippen LogP contribution in [0.3, 0.4) is 0 Å². The van der Waals surface area contributed by atoms with Gasteiger partial charge in [0, 0.05) is 22.5 Å². The highest BCUT2D eigenvalue weighted by Crippen LogP contribution is 2.25. The summed E-state index contributed by atoms with van der Waals surface area (Å²) in [6.45, 7) is 1.60. The predicted octanol–water partition coefficient (Wildman–Crippen LogP) is 3.15. The number of nitrogens with zero attached hydrogens (tertiary/aromatic N) is 2. The Morgan fingerprint density at radius 3 is 2.95 bits per heavy atom. The molecule has 0 spiro atoms. The number of halogens is 1. The largest absolute Gasteiger partial charge is 0.351 e. The van der Waals surface area contributed by atoms with Gasteiger partial charge in [-0.2, -0.15) is 0 Å². The van der Waals surface area contributed by atoms with Gasteiger partial charge in [-0.1, -0.05) is 23.7 Å². The second-order valence-electron chi connectivity index (χ2n) is 4.96. The SMILES string of the molecule is CN(C)CCCNC(=O)c1csc(-c2cccc(Cl)c2)n1. The molecule has 0 saturated heterocycles. The Balaban J connectivity index is 1.95. The van der Waals surface area contributed by atoms with Crippen LogP contribution in [0.5, 0.6) is 0 Å². The summed E-state index contributed by atoms with van der Waals surface area (Å²) in [5.74, 6) is -0.127. The molecule has 1 aromatic heterocycles. The van der Waals surface area contributed by atoms with Crippen molar-refractivity contribution in [3.8, 4) is 10.6 Å². The fraction of sp³-hybridized carbons (Fsp3) is 0.333. The molecule has 1 aromatic carbocycles. The van der Waals surface area contributed by atoms with E-state index < -0.39 is 0 Å². The van der Waals surface area contributed by atoms with E-state index in [9.17, 15) is 4.79 Å². The van der Waals surface area contributed by atoms with Crippen LogP contribution < -0.4 is 5.32 Å². The van der Waals surface area contributed by atoms with E-state index in [1.807, 2.05) is 38.4 Å². The molecular formula is C15H18ClN3OS. The summed E-state index contributed by atoms with van der Waals surface area (Å²) in [7, 11) is 4.03. The zero-order valence-corrected chi connectivity index (χ0v) is 13.7. The van der Waals surface area contributed by atoms with Gasteiger partial charge in [0.15, 0.2) is 0 Å². The van der Waals surface area contributed by atoms with Crippen LogP contribution in [0.1, 0.15) is 16.9 Å². The van der Waals surface area contributed by atoms with Gasteiger partial charge in [0.2, 0.25) is 0 Å². The number of carbonyl (C=O) groups is 1. The average Bonchev–Trinajstić information content (AvgIpc) is 2.93. The second kappa shape index (κ2) is 7.54. The Labute approximate surface area is 133 Å². The van der Waals surface area contributed by atoms with Crippen molar-refractivity contribution < 1.29 is 4.79 Å². The first kappa shape index (κ1) is 15.9. The molecule has 21 heavy (non-hydrogen) atoms. The minimum absolute atomic E-state index is 0.127. The quantitative estimate of drug-likeness (QED) is 0.831. The predicted molar refractivity (Wildman–Crippen MR) is 88.1 cm³/mol. The molecule has 0 bridgehead atoms. The van der Waals surface area contributed by atoms with Crippen molar-refractivity contribution in [2.24, 2.45) is 0 Å². The lowest BCUT2D eigenvalue weighted by atomic mass is 10.2. The minimum atomic E-state index is -0.127.